The molecule has 0 saturated carbocycles. The van der Waals surface area contributed by atoms with Gasteiger partial charge in [-0.15, -0.1) is 10.2 Å². The number of fused-ring (bicyclic) bond motifs is 3. The minimum absolute atomic E-state index is 0.423. The lowest BCUT2D eigenvalue weighted by atomic mass is 10.2. The zero-order valence-electron chi connectivity index (χ0n) is 16.2. The summed E-state index contributed by atoms with van der Waals surface area (Å²) < 4.78 is 1.97. The van der Waals surface area contributed by atoms with Crippen molar-refractivity contribution in [3.63, 3.8) is 0 Å². The molecule has 1 atom stereocenters. The van der Waals surface area contributed by atoms with Gasteiger partial charge in [0.15, 0.2) is 11.6 Å². The first-order chi connectivity index (χ1) is 14.2. The molecule has 1 fully saturated rings. The van der Waals surface area contributed by atoms with Gasteiger partial charge in [-0.05, 0) is 38.0 Å². The number of rotatable bonds is 5. The van der Waals surface area contributed by atoms with Crippen molar-refractivity contribution in [3.8, 4) is 0 Å². The van der Waals surface area contributed by atoms with Crippen LogP contribution in [-0.2, 0) is 6.54 Å². The zero-order chi connectivity index (χ0) is 19.8. The van der Waals surface area contributed by atoms with Gasteiger partial charge in [-0.3, -0.25) is 4.98 Å². The SMILES string of the molecule is C[C@@H](O)Cn1c2cnccc2c2cnc(Nc3ccc(N4CCCC4)nn3)nc21. The highest BCUT2D eigenvalue weighted by Crippen LogP contribution is 2.28. The number of aliphatic hydroxyl groups is 1. The fourth-order valence-electron chi connectivity index (χ4n) is 3.84. The molecule has 0 aromatic carbocycles. The molecular weight excluding hydrogens is 368 g/mol. The average Bonchev–Trinajstić information content (AvgIpc) is 3.36. The Morgan fingerprint density at radius 2 is 1.97 bits per heavy atom. The van der Waals surface area contributed by atoms with Crippen molar-refractivity contribution in [3.05, 3.63) is 36.8 Å². The first-order valence-electron chi connectivity index (χ1n) is 9.82. The topological polar surface area (TPSA) is 105 Å². The summed E-state index contributed by atoms with van der Waals surface area (Å²) in [6.07, 6.45) is 7.21. The molecular formula is C20H22N8O. The van der Waals surface area contributed by atoms with E-state index in [-0.39, 0.29) is 0 Å². The molecule has 0 spiro atoms. The Kier molecular flexibility index (Phi) is 4.44. The Morgan fingerprint density at radius 1 is 1.10 bits per heavy atom. The number of hydrogen-bond acceptors (Lipinski definition) is 8. The minimum Gasteiger partial charge on any atom is -0.392 e. The first-order valence-corrected chi connectivity index (χ1v) is 9.82. The summed E-state index contributed by atoms with van der Waals surface area (Å²) in [7, 11) is 0. The molecule has 0 bridgehead atoms. The summed E-state index contributed by atoms with van der Waals surface area (Å²) in [5, 5.41) is 23.6. The van der Waals surface area contributed by atoms with Crippen LogP contribution in [0.5, 0.6) is 0 Å². The monoisotopic (exact) mass is 390 g/mol. The molecule has 0 amide bonds. The number of aromatic nitrogens is 6. The van der Waals surface area contributed by atoms with Gasteiger partial charge in [0.25, 0.3) is 0 Å². The summed E-state index contributed by atoms with van der Waals surface area (Å²) in [4.78, 5) is 15.6. The van der Waals surface area contributed by atoms with E-state index >= 15 is 0 Å². The minimum atomic E-state index is -0.510. The quantitative estimate of drug-likeness (QED) is 0.536. The van der Waals surface area contributed by atoms with Gasteiger partial charge in [0, 0.05) is 36.3 Å². The largest absolute Gasteiger partial charge is 0.392 e. The Labute approximate surface area is 167 Å². The molecule has 4 aromatic rings. The lowest BCUT2D eigenvalue weighted by Gasteiger charge is -2.15. The highest BCUT2D eigenvalue weighted by molar-refractivity contribution is 6.06. The fourth-order valence-corrected chi connectivity index (χ4v) is 3.84. The molecule has 1 aliphatic rings. The van der Waals surface area contributed by atoms with Crippen LogP contribution in [0.15, 0.2) is 36.8 Å². The van der Waals surface area contributed by atoms with E-state index in [9.17, 15) is 5.11 Å². The highest BCUT2D eigenvalue weighted by atomic mass is 16.3. The van der Waals surface area contributed by atoms with Gasteiger partial charge < -0.3 is 19.9 Å². The smallest absolute Gasteiger partial charge is 0.230 e. The number of nitrogens with one attached hydrogen (secondary N) is 1. The van der Waals surface area contributed by atoms with Crippen molar-refractivity contribution in [1.82, 2.24) is 29.7 Å². The molecule has 29 heavy (non-hydrogen) atoms. The van der Waals surface area contributed by atoms with Gasteiger partial charge in [-0.25, -0.2) is 4.98 Å². The van der Waals surface area contributed by atoms with E-state index in [2.05, 4.69) is 35.4 Å². The second kappa shape index (κ2) is 7.25. The molecule has 4 aromatic heterocycles. The van der Waals surface area contributed by atoms with Gasteiger partial charge >= 0.3 is 0 Å². The number of anilines is 3. The summed E-state index contributed by atoms with van der Waals surface area (Å²) >= 11 is 0. The number of hydrogen-bond donors (Lipinski definition) is 2. The van der Waals surface area contributed by atoms with E-state index in [1.54, 1.807) is 25.5 Å². The van der Waals surface area contributed by atoms with Crippen LogP contribution < -0.4 is 10.2 Å². The van der Waals surface area contributed by atoms with Crippen LogP contribution in [0.1, 0.15) is 19.8 Å². The first kappa shape index (κ1) is 17.7. The van der Waals surface area contributed by atoms with E-state index in [1.165, 1.54) is 12.8 Å². The second-order valence-electron chi connectivity index (χ2n) is 7.38. The maximum Gasteiger partial charge on any atom is 0.230 e. The number of aliphatic hydroxyl groups excluding tert-OH is 1. The molecule has 5 rings (SSSR count). The van der Waals surface area contributed by atoms with Crippen molar-refractivity contribution in [2.75, 3.05) is 23.3 Å². The third kappa shape index (κ3) is 3.33. The summed E-state index contributed by atoms with van der Waals surface area (Å²) in [6.45, 7) is 4.24. The van der Waals surface area contributed by atoms with Gasteiger partial charge in [-0.1, -0.05) is 0 Å². The zero-order valence-corrected chi connectivity index (χ0v) is 16.2. The highest BCUT2D eigenvalue weighted by Gasteiger charge is 2.16. The Hall–Kier alpha value is -3.33. The van der Waals surface area contributed by atoms with Crippen LogP contribution in [0.4, 0.5) is 17.6 Å². The van der Waals surface area contributed by atoms with Crippen LogP contribution in [0.3, 0.4) is 0 Å². The average molecular weight is 390 g/mol. The van der Waals surface area contributed by atoms with E-state index in [1.807, 2.05) is 22.8 Å². The van der Waals surface area contributed by atoms with Gasteiger partial charge in [0.05, 0.1) is 24.4 Å². The Morgan fingerprint density at radius 3 is 2.72 bits per heavy atom. The van der Waals surface area contributed by atoms with E-state index in [4.69, 9.17) is 0 Å². The third-order valence-electron chi connectivity index (χ3n) is 5.17. The summed E-state index contributed by atoms with van der Waals surface area (Å²) in [6, 6.07) is 5.80. The maximum atomic E-state index is 9.94. The van der Waals surface area contributed by atoms with Crippen molar-refractivity contribution >= 4 is 39.5 Å². The molecule has 148 valence electrons. The van der Waals surface area contributed by atoms with Crippen LogP contribution >= 0.6 is 0 Å². The van der Waals surface area contributed by atoms with Crippen LogP contribution in [0, 0.1) is 0 Å². The molecule has 0 aliphatic carbocycles. The van der Waals surface area contributed by atoms with Crippen molar-refractivity contribution in [1.29, 1.82) is 0 Å². The summed E-state index contributed by atoms with van der Waals surface area (Å²) in [5.74, 6) is 1.92. The Bertz CT molecular complexity index is 1150. The van der Waals surface area contributed by atoms with Gasteiger partial charge in [0.1, 0.15) is 5.65 Å². The summed E-state index contributed by atoms with van der Waals surface area (Å²) in [5.41, 5.74) is 1.66. The molecule has 1 saturated heterocycles. The van der Waals surface area contributed by atoms with Crippen LogP contribution in [0.25, 0.3) is 21.9 Å². The Balaban J connectivity index is 1.48. The van der Waals surface area contributed by atoms with E-state index in [0.717, 1.165) is 40.8 Å². The van der Waals surface area contributed by atoms with Crippen molar-refractivity contribution in [2.45, 2.75) is 32.4 Å². The maximum absolute atomic E-state index is 9.94. The van der Waals surface area contributed by atoms with Crippen LogP contribution in [0.2, 0.25) is 0 Å². The van der Waals surface area contributed by atoms with Gasteiger partial charge in [-0.2, -0.15) is 4.98 Å². The fraction of sp³-hybridized carbons (Fsp3) is 0.350. The predicted molar refractivity (Wildman–Crippen MR) is 111 cm³/mol. The number of pyridine rings is 1. The lowest BCUT2D eigenvalue weighted by molar-refractivity contribution is 0.176. The predicted octanol–water partition coefficient (Wildman–Crippen LogP) is 2.49. The van der Waals surface area contributed by atoms with Gasteiger partial charge in [0.2, 0.25) is 5.95 Å². The molecule has 0 radical (unpaired) electrons. The van der Waals surface area contributed by atoms with Crippen LogP contribution in [-0.4, -0.2) is 54.0 Å². The normalized spacial score (nSPS) is 15.3. The second-order valence-corrected chi connectivity index (χ2v) is 7.38. The molecule has 1 aliphatic heterocycles. The van der Waals surface area contributed by atoms with Crippen molar-refractivity contribution in [2.24, 2.45) is 0 Å². The van der Waals surface area contributed by atoms with E-state index < -0.39 is 6.10 Å². The molecule has 9 nitrogen and oxygen atoms in total. The van der Waals surface area contributed by atoms with Crippen molar-refractivity contribution < 1.29 is 5.11 Å². The molecule has 9 heteroatoms. The standard InChI is InChI=1S/C20H22N8O/c1-13(29)12-28-16-11-21-7-6-14(16)15-10-22-20(24-19(15)28)23-17-4-5-18(26-25-17)27-8-2-3-9-27/h4-7,10-11,13,29H,2-3,8-9,12H2,1H3,(H,22,23,24,25)/t13-/m1/s1. The molecule has 5 heterocycles. The third-order valence-corrected chi connectivity index (χ3v) is 5.17. The molecule has 2 N–H and O–H groups in total. The molecule has 0 unspecified atom stereocenters. The number of nitrogens with zero attached hydrogens (tertiary/aromatic N) is 7. The van der Waals surface area contributed by atoms with E-state index in [0.29, 0.717) is 18.3 Å². The lowest BCUT2D eigenvalue weighted by Crippen LogP contribution is -2.19.